The fourth-order valence-corrected chi connectivity index (χ4v) is 3.43. The molecule has 12 heteroatoms. The van der Waals surface area contributed by atoms with Crippen LogP contribution in [0.4, 0.5) is 22.0 Å². The summed E-state index contributed by atoms with van der Waals surface area (Å²) >= 11 is 5.75. The molecule has 186 valence electrons. The van der Waals surface area contributed by atoms with Crippen molar-refractivity contribution in [1.29, 1.82) is 0 Å². The first kappa shape index (κ1) is 26.0. The highest BCUT2D eigenvalue weighted by molar-refractivity contribution is 6.31. The van der Waals surface area contributed by atoms with E-state index in [0.29, 0.717) is 5.57 Å². The Morgan fingerprint density at radius 3 is 2.31 bits per heavy atom. The lowest BCUT2D eigenvalue weighted by Gasteiger charge is -2.19. The molecule has 0 spiro atoms. The number of carbonyl (C=O) groups is 2. The van der Waals surface area contributed by atoms with Gasteiger partial charge in [0.25, 0.3) is 5.91 Å². The second-order valence-corrected chi connectivity index (χ2v) is 7.96. The monoisotopic (exact) mass is 517 g/mol. The van der Waals surface area contributed by atoms with Gasteiger partial charge in [0.05, 0.1) is 5.56 Å². The third-order valence-corrected chi connectivity index (χ3v) is 5.32. The van der Waals surface area contributed by atoms with E-state index in [1.54, 1.807) is 0 Å². The molecule has 35 heavy (non-hydrogen) atoms. The maximum absolute atomic E-state index is 14.7. The summed E-state index contributed by atoms with van der Waals surface area (Å²) in [5, 5.41) is 9.17. The molecule has 1 saturated carbocycles. The van der Waals surface area contributed by atoms with E-state index in [9.17, 15) is 36.6 Å². The largest absolute Gasteiger partial charge is 0.498 e. The number of nitrogens with two attached hydrogens (primary N) is 1. The molecular weight excluding hydrogens is 501 g/mol. The van der Waals surface area contributed by atoms with Gasteiger partial charge in [-0.2, -0.15) is 13.2 Å². The van der Waals surface area contributed by atoms with Crippen LogP contribution in [0.1, 0.15) is 34.8 Å². The number of hydrogen-bond acceptors (Lipinski definition) is 5. The van der Waals surface area contributed by atoms with E-state index in [-0.39, 0.29) is 17.6 Å². The van der Waals surface area contributed by atoms with Crippen LogP contribution in [0.3, 0.4) is 0 Å². The van der Waals surface area contributed by atoms with Crippen molar-refractivity contribution in [2.75, 3.05) is 6.61 Å². The number of aliphatic hydroxyl groups excluding tert-OH is 1. The number of primary amides is 1. The fourth-order valence-electron chi connectivity index (χ4n) is 3.26. The number of esters is 1. The number of rotatable bonds is 7. The predicted molar refractivity (Wildman–Crippen MR) is 114 cm³/mol. The van der Waals surface area contributed by atoms with Crippen molar-refractivity contribution in [2.24, 2.45) is 5.73 Å². The molecule has 0 saturated heterocycles. The van der Waals surface area contributed by atoms with Crippen LogP contribution in [-0.2, 0) is 15.7 Å². The Bertz CT molecular complexity index is 1240. The van der Waals surface area contributed by atoms with Crippen LogP contribution in [0.5, 0.6) is 5.75 Å². The van der Waals surface area contributed by atoms with Gasteiger partial charge in [-0.15, -0.1) is 0 Å². The standard InChI is InChI=1S/C23H17ClF5NO5/c1-11(31)34-10-22(35-17-7-6-16(25)18(19(17)26)21(30)33)9-14(22)8-15(20(24)32)12-2-4-13(5-3-12)23(27,28)29/h2-8,32H,9-10H2,1H3,(H2,30,33)/b14-8+,20-15+. The van der Waals surface area contributed by atoms with Gasteiger partial charge in [-0.25, -0.2) is 8.78 Å². The quantitative estimate of drug-likeness (QED) is 0.296. The lowest BCUT2D eigenvalue weighted by atomic mass is 10.0. The SMILES string of the molecule is CC(=O)OCC1(Oc2ccc(F)c(C(N)=O)c2F)C/C1=C\C(=C(/O)Cl)c1ccc(C(F)(F)F)cc1. The summed E-state index contributed by atoms with van der Waals surface area (Å²) in [4.78, 5) is 22.8. The Kier molecular flexibility index (Phi) is 7.11. The predicted octanol–water partition coefficient (Wildman–Crippen LogP) is 5.26. The highest BCUT2D eigenvalue weighted by Crippen LogP contribution is 2.49. The fraction of sp³-hybridized carbons (Fsp3) is 0.217. The molecule has 3 rings (SSSR count). The van der Waals surface area contributed by atoms with Crippen LogP contribution >= 0.6 is 11.6 Å². The summed E-state index contributed by atoms with van der Waals surface area (Å²) in [7, 11) is 0. The van der Waals surface area contributed by atoms with E-state index in [1.165, 1.54) is 6.08 Å². The van der Waals surface area contributed by atoms with Gasteiger partial charge in [-0.05, 0) is 53.1 Å². The molecule has 1 aliphatic carbocycles. The summed E-state index contributed by atoms with van der Waals surface area (Å²) < 4.78 is 77.7. The van der Waals surface area contributed by atoms with E-state index >= 15 is 0 Å². The zero-order chi connectivity index (χ0) is 26.1. The Labute approximate surface area is 200 Å². The first-order valence-electron chi connectivity index (χ1n) is 9.83. The number of halogens is 6. The third-order valence-electron chi connectivity index (χ3n) is 5.12. The summed E-state index contributed by atoms with van der Waals surface area (Å²) in [6.07, 6.45) is -3.28. The van der Waals surface area contributed by atoms with E-state index < -0.39 is 64.0 Å². The second kappa shape index (κ2) is 9.57. The average Bonchev–Trinajstić information content (AvgIpc) is 3.44. The lowest BCUT2D eigenvalue weighted by molar-refractivity contribution is -0.143. The topological polar surface area (TPSA) is 98.9 Å². The highest BCUT2D eigenvalue weighted by Gasteiger charge is 2.54. The minimum Gasteiger partial charge on any atom is -0.498 e. The number of allylic oxidation sites excluding steroid dienone is 2. The Morgan fingerprint density at radius 2 is 1.80 bits per heavy atom. The van der Waals surface area contributed by atoms with Crippen molar-refractivity contribution in [3.8, 4) is 5.75 Å². The molecule has 1 atom stereocenters. The van der Waals surface area contributed by atoms with Crippen molar-refractivity contribution < 1.29 is 46.1 Å². The molecule has 0 bridgehead atoms. The van der Waals surface area contributed by atoms with E-state index in [1.807, 2.05) is 0 Å². The number of hydrogen-bond donors (Lipinski definition) is 2. The van der Waals surface area contributed by atoms with Gasteiger partial charge >= 0.3 is 12.1 Å². The Balaban J connectivity index is 1.98. The molecule has 0 aromatic heterocycles. The average molecular weight is 518 g/mol. The molecule has 3 N–H and O–H groups in total. The van der Waals surface area contributed by atoms with E-state index in [4.69, 9.17) is 26.8 Å². The van der Waals surface area contributed by atoms with Gasteiger partial charge in [-0.3, -0.25) is 9.59 Å². The zero-order valence-electron chi connectivity index (χ0n) is 17.9. The first-order valence-corrected chi connectivity index (χ1v) is 10.2. The van der Waals surface area contributed by atoms with Gasteiger partial charge in [-0.1, -0.05) is 12.1 Å². The van der Waals surface area contributed by atoms with Crippen molar-refractivity contribution in [3.63, 3.8) is 0 Å². The van der Waals surface area contributed by atoms with E-state index in [2.05, 4.69) is 0 Å². The summed E-state index contributed by atoms with van der Waals surface area (Å²) in [6.45, 7) is 0.682. The number of aliphatic hydroxyl groups is 1. The molecule has 0 aliphatic heterocycles. The van der Waals surface area contributed by atoms with Crippen molar-refractivity contribution in [3.05, 3.63) is 81.6 Å². The van der Waals surface area contributed by atoms with Crippen molar-refractivity contribution >= 4 is 29.1 Å². The molecule has 0 radical (unpaired) electrons. The minimum atomic E-state index is -4.57. The van der Waals surface area contributed by atoms with Crippen LogP contribution in [0.2, 0.25) is 0 Å². The maximum Gasteiger partial charge on any atom is 0.416 e. The highest BCUT2D eigenvalue weighted by atomic mass is 35.5. The molecular formula is C23H17ClF5NO5. The van der Waals surface area contributed by atoms with Crippen LogP contribution in [0.25, 0.3) is 5.57 Å². The van der Waals surface area contributed by atoms with E-state index in [0.717, 1.165) is 43.3 Å². The molecule has 1 amide bonds. The summed E-state index contributed by atoms with van der Waals surface area (Å²) in [5.74, 6) is -5.21. The minimum absolute atomic E-state index is 0.0112. The number of benzene rings is 2. The Hall–Kier alpha value is -3.60. The van der Waals surface area contributed by atoms with Crippen molar-refractivity contribution in [2.45, 2.75) is 25.1 Å². The number of alkyl halides is 3. The molecule has 6 nitrogen and oxygen atoms in total. The third kappa shape index (κ3) is 5.73. The Morgan fingerprint density at radius 1 is 1.17 bits per heavy atom. The van der Waals surface area contributed by atoms with Gasteiger partial charge < -0.3 is 20.3 Å². The summed E-state index contributed by atoms with van der Waals surface area (Å²) in [5.41, 5.74) is 1.94. The normalized spacial score (nSPS) is 19.2. The maximum atomic E-state index is 14.7. The molecule has 2 aromatic rings. The van der Waals surface area contributed by atoms with Gasteiger partial charge in [0, 0.05) is 18.9 Å². The van der Waals surface area contributed by atoms with Gasteiger partial charge in [0.2, 0.25) is 0 Å². The first-order chi connectivity index (χ1) is 16.2. The van der Waals surface area contributed by atoms with Gasteiger partial charge in [0.1, 0.15) is 18.0 Å². The molecule has 1 fully saturated rings. The lowest BCUT2D eigenvalue weighted by Crippen LogP contribution is -2.28. The van der Waals surface area contributed by atoms with Crippen molar-refractivity contribution in [1.82, 2.24) is 0 Å². The molecule has 2 aromatic carbocycles. The number of ether oxygens (including phenoxy) is 2. The smallest absolute Gasteiger partial charge is 0.416 e. The number of amides is 1. The molecule has 1 aliphatic rings. The number of carbonyl (C=O) groups excluding carboxylic acids is 2. The van der Waals surface area contributed by atoms with Crippen LogP contribution in [0.15, 0.2) is 53.3 Å². The zero-order valence-corrected chi connectivity index (χ0v) is 18.6. The van der Waals surface area contributed by atoms with Crippen LogP contribution in [-0.4, -0.2) is 29.2 Å². The van der Waals surface area contributed by atoms with Crippen LogP contribution < -0.4 is 10.5 Å². The second-order valence-electron chi connectivity index (χ2n) is 7.60. The van der Waals surface area contributed by atoms with Crippen LogP contribution in [0, 0.1) is 11.6 Å². The van der Waals surface area contributed by atoms with Gasteiger partial charge in [0.15, 0.2) is 22.4 Å². The summed E-state index contributed by atoms with van der Waals surface area (Å²) in [6, 6.07) is 5.44. The molecule has 1 unspecified atom stereocenters. The molecule has 0 heterocycles.